The molecule has 0 unspecified atom stereocenters. The first-order valence-corrected chi connectivity index (χ1v) is 17.6. The van der Waals surface area contributed by atoms with Gasteiger partial charge in [0.2, 0.25) is 5.79 Å². The summed E-state index contributed by atoms with van der Waals surface area (Å²) < 4.78 is 20.5. The number of rotatable bonds is 13. The van der Waals surface area contributed by atoms with Crippen molar-refractivity contribution in [3.63, 3.8) is 0 Å². The Morgan fingerprint density at radius 1 is 1.04 bits per heavy atom. The lowest BCUT2D eigenvalue weighted by Gasteiger charge is -2.37. The maximum absolute atomic E-state index is 9.14. The molecule has 2 saturated heterocycles. The Morgan fingerprint density at radius 2 is 1.73 bits per heavy atom. The van der Waals surface area contributed by atoms with Crippen molar-refractivity contribution in [3.8, 4) is 5.75 Å². The number of nitrogens with zero attached hydrogens (tertiary/aromatic N) is 6. The number of piperazine rings is 1. The monoisotopic (exact) mass is 725 g/mol. The molecule has 0 aliphatic carbocycles. The predicted octanol–water partition coefficient (Wildman–Crippen LogP) is 5.66. The number of anilines is 3. The van der Waals surface area contributed by atoms with Gasteiger partial charge < -0.3 is 39.3 Å². The van der Waals surface area contributed by atoms with Crippen molar-refractivity contribution in [1.29, 1.82) is 0 Å². The van der Waals surface area contributed by atoms with E-state index in [-0.39, 0.29) is 19.3 Å². The van der Waals surface area contributed by atoms with E-state index < -0.39 is 5.79 Å². The van der Waals surface area contributed by atoms with Gasteiger partial charge >= 0.3 is 0 Å². The second-order valence-corrected chi connectivity index (χ2v) is 13.2. The molecule has 0 radical (unpaired) electrons. The number of thiocarbonyl (C=S) groups is 1. The van der Waals surface area contributed by atoms with Crippen molar-refractivity contribution in [2.24, 2.45) is 0 Å². The third-order valence-corrected chi connectivity index (χ3v) is 9.60. The van der Waals surface area contributed by atoms with E-state index in [1.807, 2.05) is 18.2 Å². The van der Waals surface area contributed by atoms with Crippen molar-refractivity contribution in [2.75, 3.05) is 74.2 Å². The molecule has 11 nitrogen and oxygen atoms in total. The maximum Gasteiger partial charge on any atom is 0.217 e. The Hall–Kier alpha value is -3.65. The molecule has 0 spiro atoms. The number of nitrogens with one attached hydrogen (secondary N) is 1. The fourth-order valence-corrected chi connectivity index (χ4v) is 6.96. The van der Waals surface area contributed by atoms with Gasteiger partial charge in [-0.1, -0.05) is 29.3 Å². The van der Waals surface area contributed by atoms with Crippen LogP contribution in [0, 0.1) is 0 Å². The van der Waals surface area contributed by atoms with Crippen LogP contribution in [0.25, 0.3) is 0 Å². The normalized spacial score (nSPS) is 19.2. The van der Waals surface area contributed by atoms with E-state index >= 15 is 0 Å². The Kier molecular flexibility index (Phi) is 11.8. The van der Waals surface area contributed by atoms with Crippen LogP contribution in [0.5, 0.6) is 5.75 Å². The van der Waals surface area contributed by atoms with Gasteiger partial charge in [0.1, 0.15) is 37.7 Å². The standard InChI is InChI=1S/C35H41Cl2N7O4S/c1-2-41(14-3-19-45)34(49)40-27-5-7-28(8-6-27)42-15-17-43(18-16-42)29-9-11-30(12-10-29)46-21-31-22-47-35(48-31,23-44-25-38-24-39-44)32-13-4-26(36)20-33(32)37/h4-13,20,24-25,31,45H,2-3,14-19,21-23H2,1H3,(H,40,49)/t31-,35-/m1/s1. The third-order valence-electron chi connectivity index (χ3n) is 8.69. The minimum atomic E-state index is -1.15. The van der Waals surface area contributed by atoms with Gasteiger partial charge in [0.15, 0.2) is 5.11 Å². The fourth-order valence-electron chi connectivity index (χ4n) is 6.07. The van der Waals surface area contributed by atoms with E-state index in [2.05, 4.69) is 73.4 Å². The van der Waals surface area contributed by atoms with Gasteiger partial charge in [0.25, 0.3) is 0 Å². The molecule has 2 fully saturated rings. The van der Waals surface area contributed by atoms with Gasteiger partial charge in [0, 0.05) is 73.5 Å². The molecule has 3 aromatic carbocycles. The number of benzene rings is 3. The van der Waals surface area contributed by atoms with Gasteiger partial charge in [-0.3, -0.25) is 0 Å². The molecule has 6 rings (SSSR count). The second kappa shape index (κ2) is 16.4. The maximum atomic E-state index is 9.14. The Labute approximate surface area is 302 Å². The van der Waals surface area contributed by atoms with Crippen molar-refractivity contribution >= 4 is 57.6 Å². The molecule has 0 bridgehead atoms. The first-order valence-electron chi connectivity index (χ1n) is 16.4. The summed E-state index contributed by atoms with van der Waals surface area (Å²) in [5, 5.41) is 18.4. The van der Waals surface area contributed by atoms with Crippen LogP contribution < -0.4 is 19.9 Å². The average Bonchev–Trinajstić information content (AvgIpc) is 3.79. The number of hydrogen-bond donors (Lipinski definition) is 2. The zero-order valence-electron chi connectivity index (χ0n) is 27.4. The summed E-state index contributed by atoms with van der Waals surface area (Å²) in [6.07, 6.45) is 3.45. The summed E-state index contributed by atoms with van der Waals surface area (Å²) in [7, 11) is 0. The van der Waals surface area contributed by atoms with E-state index in [1.54, 1.807) is 23.1 Å². The number of aliphatic hydroxyl groups excluding tert-OH is 1. The number of aromatic nitrogens is 3. The van der Waals surface area contributed by atoms with E-state index in [4.69, 9.17) is 54.7 Å². The summed E-state index contributed by atoms with van der Waals surface area (Å²) in [6.45, 7) is 8.31. The number of halogens is 2. The topological polar surface area (TPSA) is 100 Å². The molecule has 0 saturated carbocycles. The van der Waals surface area contributed by atoms with Crippen LogP contribution in [0.15, 0.2) is 79.4 Å². The quantitative estimate of drug-likeness (QED) is 0.167. The molecule has 260 valence electrons. The summed E-state index contributed by atoms with van der Waals surface area (Å²) >= 11 is 18.3. The zero-order valence-corrected chi connectivity index (χ0v) is 29.7. The number of hydrogen-bond acceptors (Lipinski definition) is 9. The minimum absolute atomic E-state index is 0.158. The fraction of sp³-hybridized carbons (Fsp3) is 0.400. The Bertz CT molecular complexity index is 1660. The molecule has 2 atom stereocenters. The minimum Gasteiger partial charge on any atom is -0.491 e. The molecule has 49 heavy (non-hydrogen) atoms. The molecule has 3 heterocycles. The van der Waals surface area contributed by atoms with Crippen LogP contribution in [-0.2, 0) is 21.8 Å². The summed E-state index contributed by atoms with van der Waals surface area (Å²) in [5.41, 5.74) is 3.98. The molecule has 2 aliphatic rings. The van der Waals surface area contributed by atoms with E-state index in [9.17, 15) is 0 Å². The Balaban J connectivity index is 0.987. The van der Waals surface area contributed by atoms with Crippen LogP contribution in [0.2, 0.25) is 10.0 Å². The highest BCUT2D eigenvalue weighted by Crippen LogP contribution is 2.40. The molecule has 4 aromatic rings. The van der Waals surface area contributed by atoms with E-state index in [0.717, 1.165) is 56.4 Å². The first-order chi connectivity index (χ1) is 23.9. The summed E-state index contributed by atoms with van der Waals surface area (Å²) in [4.78, 5) is 10.9. The molecule has 0 amide bonds. The molecule has 2 aliphatic heterocycles. The lowest BCUT2D eigenvalue weighted by atomic mass is 10.1. The largest absolute Gasteiger partial charge is 0.491 e. The van der Waals surface area contributed by atoms with Crippen LogP contribution in [0.1, 0.15) is 18.9 Å². The molecule has 2 N–H and O–H groups in total. The summed E-state index contributed by atoms with van der Waals surface area (Å²) in [5.74, 6) is -0.396. The van der Waals surface area contributed by atoms with E-state index in [1.165, 1.54) is 12.0 Å². The van der Waals surface area contributed by atoms with Gasteiger partial charge in [0.05, 0.1) is 11.6 Å². The van der Waals surface area contributed by atoms with Crippen LogP contribution in [-0.4, -0.2) is 95.1 Å². The van der Waals surface area contributed by atoms with E-state index in [0.29, 0.717) is 40.4 Å². The van der Waals surface area contributed by atoms with Crippen molar-refractivity contribution in [2.45, 2.75) is 31.8 Å². The highest BCUT2D eigenvalue weighted by Gasteiger charge is 2.45. The highest BCUT2D eigenvalue weighted by atomic mass is 35.5. The molecule has 1 aromatic heterocycles. The van der Waals surface area contributed by atoms with Gasteiger partial charge in [-0.2, -0.15) is 5.10 Å². The molecule has 14 heteroatoms. The van der Waals surface area contributed by atoms with Gasteiger partial charge in [-0.25, -0.2) is 9.67 Å². The van der Waals surface area contributed by atoms with Crippen molar-refractivity contribution in [3.05, 3.63) is 95.0 Å². The number of aliphatic hydroxyl groups is 1. The van der Waals surface area contributed by atoms with Crippen molar-refractivity contribution < 1.29 is 19.3 Å². The van der Waals surface area contributed by atoms with Crippen LogP contribution in [0.4, 0.5) is 17.1 Å². The Morgan fingerprint density at radius 3 is 2.35 bits per heavy atom. The zero-order chi connectivity index (χ0) is 34.2. The van der Waals surface area contributed by atoms with Gasteiger partial charge in [-0.05, 0) is 86.2 Å². The SMILES string of the molecule is CCN(CCCO)C(=S)Nc1ccc(N2CCN(c3ccc(OC[C@@H]4CO[C@@](Cn5cncn5)(c5ccc(Cl)cc5Cl)O4)cc3)CC2)cc1. The first kappa shape index (κ1) is 35.2. The van der Waals surface area contributed by atoms with Crippen LogP contribution in [0.3, 0.4) is 0 Å². The second-order valence-electron chi connectivity index (χ2n) is 11.9. The smallest absolute Gasteiger partial charge is 0.217 e. The number of ether oxygens (including phenoxy) is 3. The van der Waals surface area contributed by atoms with Crippen LogP contribution >= 0.6 is 35.4 Å². The third kappa shape index (κ3) is 8.75. The highest BCUT2D eigenvalue weighted by molar-refractivity contribution is 7.80. The lowest BCUT2D eigenvalue weighted by Crippen LogP contribution is -2.46. The summed E-state index contributed by atoms with van der Waals surface area (Å²) in [6, 6.07) is 21.9. The predicted molar refractivity (Wildman–Crippen MR) is 197 cm³/mol. The molecular formula is C35H41Cl2N7O4S. The lowest BCUT2D eigenvalue weighted by molar-refractivity contribution is -0.190. The molecular weight excluding hydrogens is 685 g/mol. The van der Waals surface area contributed by atoms with Crippen molar-refractivity contribution in [1.82, 2.24) is 19.7 Å². The average molecular weight is 727 g/mol. The van der Waals surface area contributed by atoms with Gasteiger partial charge in [-0.15, -0.1) is 0 Å².